The van der Waals surface area contributed by atoms with Crippen LogP contribution in [0.15, 0.2) is 41.3 Å². The predicted molar refractivity (Wildman–Crippen MR) is 117 cm³/mol. The molecule has 0 fully saturated rings. The zero-order valence-corrected chi connectivity index (χ0v) is 18.5. The van der Waals surface area contributed by atoms with Crippen LogP contribution in [0.25, 0.3) is 4.85 Å². The molecule has 0 heterocycles. The van der Waals surface area contributed by atoms with Crippen LogP contribution in [-0.4, -0.2) is 43.7 Å². The topological polar surface area (TPSA) is 129 Å². The Morgan fingerprint density at radius 1 is 1.13 bits per heavy atom. The second kappa shape index (κ2) is 9.78. The quantitative estimate of drug-likeness (QED) is 0.383. The summed E-state index contributed by atoms with van der Waals surface area (Å²) in [7, 11) is -3.40. The van der Waals surface area contributed by atoms with Gasteiger partial charge in [-0.3, -0.25) is 20.4 Å². The number of hydrogen-bond donors (Lipinski definition) is 4. The van der Waals surface area contributed by atoms with E-state index in [1.54, 1.807) is 13.0 Å². The van der Waals surface area contributed by atoms with E-state index in [1.807, 2.05) is 0 Å². The number of sulfone groups is 1. The highest BCUT2D eigenvalue weighted by molar-refractivity contribution is 7.90. The number of rotatable bonds is 6. The molecule has 4 N–H and O–H groups in total. The number of carbonyl (C=O) groups excluding carboxylic acids is 2. The number of anilines is 1. The maximum Gasteiger partial charge on any atom is 0.269 e. The molecule has 0 radical (unpaired) electrons. The molecule has 0 aliphatic rings. The number of aliphatic hydroxyl groups is 1. The average Bonchev–Trinajstić information content (AvgIpc) is 2.72. The molecule has 0 saturated carbocycles. The van der Waals surface area contributed by atoms with Crippen molar-refractivity contribution in [2.24, 2.45) is 0 Å². The Hall–Kier alpha value is -3.13. The van der Waals surface area contributed by atoms with Crippen molar-refractivity contribution in [1.82, 2.24) is 10.9 Å². The molecule has 0 unspecified atom stereocenters. The van der Waals surface area contributed by atoms with Crippen molar-refractivity contribution in [3.8, 4) is 0 Å². The van der Waals surface area contributed by atoms with E-state index in [0.29, 0.717) is 11.3 Å². The first-order valence-electron chi connectivity index (χ1n) is 8.97. The van der Waals surface area contributed by atoms with Crippen LogP contribution in [0.4, 0.5) is 11.4 Å². The number of hydrogen-bond acceptors (Lipinski definition) is 6. The predicted octanol–water partition coefficient (Wildman–Crippen LogP) is 2.23. The lowest BCUT2D eigenvalue weighted by atomic mass is 10.1. The summed E-state index contributed by atoms with van der Waals surface area (Å²) in [5.41, 5.74) is 5.81. The lowest BCUT2D eigenvalue weighted by Gasteiger charge is -2.23. The lowest BCUT2D eigenvalue weighted by Crippen LogP contribution is -2.52. The van der Waals surface area contributed by atoms with Gasteiger partial charge >= 0.3 is 0 Å². The first kappa shape index (κ1) is 24.1. The Bertz CT molecular complexity index is 1140. The second-order valence-electron chi connectivity index (χ2n) is 6.79. The molecule has 31 heavy (non-hydrogen) atoms. The summed E-state index contributed by atoms with van der Waals surface area (Å²) < 4.78 is 23.0. The van der Waals surface area contributed by atoms with E-state index < -0.39 is 33.8 Å². The number of amides is 2. The van der Waals surface area contributed by atoms with Gasteiger partial charge in [-0.05, 0) is 49.7 Å². The van der Waals surface area contributed by atoms with Crippen molar-refractivity contribution in [2.75, 3.05) is 11.6 Å². The van der Waals surface area contributed by atoms with E-state index in [9.17, 15) is 23.1 Å². The van der Waals surface area contributed by atoms with Crippen LogP contribution in [-0.2, 0) is 14.6 Å². The van der Waals surface area contributed by atoms with Crippen LogP contribution in [0, 0.1) is 13.5 Å². The van der Waals surface area contributed by atoms with Crippen LogP contribution >= 0.6 is 11.6 Å². The van der Waals surface area contributed by atoms with Gasteiger partial charge < -0.3 is 10.4 Å². The van der Waals surface area contributed by atoms with E-state index >= 15 is 0 Å². The number of halogens is 1. The molecule has 11 heteroatoms. The number of carbonyl (C=O) groups is 2. The number of hydrazine groups is 1. The van der Waals surface area contributed by atoms with Crippen LogP contribution in [0.1, 0.15) is 22.8 Å². The molecule has 0 spiro atoms. The Morgan fingerprint density at radius 2 is 1.74 bits per heavy atom. The van der Waals surface area contributed by atoms with Gasteiger partial charge in [0.2, 0.25) is 5.69 Å². The molecule has 2 amide bonds. The van der Waals surface area contributed by atoms with Gasteiger partial charge in [-0.1, -0.05) is 17.7 Å². The Kier molecular flexibility index (Phi) is 7.62. The average molecular weight is 465 g/mol. The monoisotopic (exact) mass is 464 g/mol. The number of nitrogens with zero attached hydrogens (tertiary/aromatic N) is 1. The largest absolute Gasteiger partial charge is 0.391 e. The number of nitrogens with one attached hydrogen (secondary N) is 3. The lowest BCUT2D eigenvalue weighted by molar-refractivity contribution is -0.124. The molecule has 0 aromatic heterocycles. The van der Waals surface area contributed by atoms with Gasteiger partial charge in [-0.25, -0.2) is 13.3 Å². The molecule has 164 valence electrons. The zero-order valence-electron chi connectivity index (χ0n) is 16.9. The number of benzene rings is 2. The molecular weight excluding hydrogens is 444 g/mol. The molecule has 2 atom stereocenters. The van der Waals surface area contributed by atoms with E-state index in [0.717, 1.165) is 6.26 Å². The molecule has 9 nitrogen and oxygen atoms in total. The molecule has 0 aliphatic heterocycles. The van der Waals surface area contributed by atoms with Gasteiger partial charge in [-0.2, -0.15) is 0 Å². The minimum absolute atomic E-state index is 0.0599. The van der Waals surface area contributed by atoms with Crippen molar-refractivity contribution in [3.63, 3.8) is 0 Å². The maximum absolute atomic E-state index is 12.5. The fourth-order valence-electron chi connectivity index (χ4n) is 2.61. The van der Waals surface area contributed by atoms with Crippen molar-refractivity contribution in [3.05, 3.63) is 64.0 Å². The van der Waals surface area contributed by atoms with E-state index in [4.69, 9.17) is 18.2 Å². The second-order valence-corrected chi connectivity index (χ2v) is 9.18. The summed E-state index contributed by atoms with van der Waals surface area (Å²) in [6.45, 7) is 10.1. The molecule has 2 aromatic carbocycles. The summed E-state index contributed by atoms with van der Waals surface area (Å²) in [4.78, 5) is 28.1. The van der Waals surface area contributed by atoms with Crippen LogP contribution in [0.3, 0.4) is 0 Å². The van der Waals surface area contributed by atoms with E-state index in [1.165, 1.54) is 37.3 Å². The van der Waals surface area contributed by atoms with Crippen molar-refractivity contribution < 1.29 is 23.1 Å². The fraction of sp³-hybridized carbons (Fsp3) is 0.250. The van der Waals surface area contributed by atoms with E-state index in [2.05, 4.69) is 21.0 Å². The minimum atomic E-state index is -3.40. The highest BCUT2D eigenvalue weighted by Gasteiger charge is 2.25. The Labute approximate surface area is 185 Å². The molecule has 2 rings (SSSR count). The van der Waals surface area contributed by atoms with Crippen molar-refractivity contribution in [1.29, 1.82) is 0 Å². The summed E-state index contributed by atoms with van der Waals surface area (Å²) in [5.74, 6) is -1.39. The van der Waals surface area contributed by atoms with E-state index in [-0.39, 0.29) is 21.2 Å². The normalized spacial score (nSPS) is 12.9. The van der Waals surface area contributed by atoms with Crippen LogP contribution in [0.2, 0.25) is 5.02 Å². The maximum atomic E-state index is 12.5. The Morgan fingerprint density at radius 3 is 2.26 bits per heavy atom. The standard InChI is InChI=1S/C20H21ClN4O5S/c1-11-15(9-10-16(22-3)17(11)21)23-18(12(2)26)20(28)25-24-19(27)13-5-7-14(8-6-13)31(4,29)30/h5-10,12,18,23,26H,1-2,4H3,(H,24,27)(H,25,28)/t12-,18+/m0/s1. The number of aliphatic hydroxyl groups excluding tert-OH is 1. The van der Waals surface area contributed by atoms with Crippen LogP contribution in [0.5, 0.6) is 0 Å². The van der Waals surface area contributed by atoms with Crippen molar-refractivity contribution >= 4 is 44.6 Å². The first-order valence-corrected chi connectivity index (χ1v) is 11.2. The minimum Gasteiger partial charge on any atom is -0.391 e. The van der Waals surface area contributed by atoms with Gasteiger partial charge in [0.05, 0.1) is 22.6 Å². The SMILES string of the molecule is [C-]#[N+]c1ccc(N[C@@H](C(=O)NNC(=O)c2ccc(S(C)(=O)=O)cc2)[C@H](C)O)c(C)c1Cl. The zero-order chi connectivity index (χ0) is 23.3. The third-order valence-corrected chi connectivity index (χ3v) is 6.01. The van der Waals surface area contributed by atoms with Gasteiger partial charge in [0, 0.05) is 17.5 Å². The van der Waals surface area contributed by atoms with Crippen LogP contribution < -0.4 is 16.2 Å². The molecule has 2 aromatic rings. The smallest absolute Gasteiger partial charge is 0.269 e. The molecule has 0 aliphatic carbocycles. The van der Waals surface area contributed by atoms with Gasteiger partial charge in [0.25, 0.3) is 11.8 Å². The molecule has 0 bridgehead atoms. The van der Waals surface area contributed by atoms with Gasteiger partial charge in [0.1, 0.15) is 6.04 Å². The third kappa shape index (κ3) is 5.95. The fourth-order valence-corrected chi connectivity index (χ4v) is 3.45. The first-order chi connectivity index (χ1) is 14.5. The summed E-state index contributed by atoms with van der Waals surface area (Å²) in [6, 6.07) is 7.11. The van der Waals surface area contributed by atoms with Gasteiger partial charge in [0.15, 0.2) is 9.84 Å². The Balaban J connectivity index is 2.09. The highest BCUT2D eigenvalue weighted by atomic mass is 35.5. The van der Waals surface area contributed by atoms with Gasteiger partial charge in [-0.15, -0.1) is 0 Å². The summed E-state index contributed by atoms with van der Waals surface area (Å²) >= 11 is 6.14. The molecule has 0 saturated heterocycles. The summed E-state index contributed by atoms with van der Waals surface area (Å²) in [5, 5.41) is 13.1. The molecular formula is C20H21ClN4O5S. The third-order valence-electron chi connectivity index (χ3n) is 4.41. The van der Waals surface area contributed by atoms with Crippen molar-refractivity contribution in [2.45, 2.75) is 30.9 Å². The summed E-state index contributed by atoms with van der Waals surface area (Å²) in [6.07, 6.45) is -0.0834. The highest BCUT2D eigenvalue weighted by Crippen LogP contribution is 2.33.